The molecule has 43 heavy (non-hydrogen) atoms. The molecule has 0 aliphatic carbocycles. The van der Waals surface area contributed by atoms with Crippen LogP contribution in [0.2, 0.25) is 0 Å². The zero-order valence-electron chi connectivity index (χ0n) is 24.4. The number of carbonyl (C=O) groups is 1. The van der Waals surface area contributed by atoms with E-state index in [-0.39, 0.29) is 44.7 Å². The molecule has 0 bridgehead atoms. The van der Waals surface area contributed by atoms with Crippen LogP contribution >= 0.6 is 0 Å². The van der Waals surface area contributed by atoms with Gasteiger partial charge in [0.2, 0.25) is 0 Å². The van der Waals surface area contributed by atoms with Crippen LogP contribution in [0.15, 0.2) is 105 Å². The lowest BCUT2D eigenvalue weighted by molar-refractivity contribution is -0.307. The van der Waals surface area contributed by atoms with Gasteiger partial charge in [0.05, 0.1) is 45.7 Å². The van der Waals surface area contributed by atoms with Crippen molar-refractivity contribution in [2.24, 2.45) is 0 Å². The minimum Gasteiger partial charge on any atom is -0.508 e. The van der Waals surface area contributed by atoms with E-state index in [1.54, 1.807) is 47.4 Å². The van der Waals surface area contributed by atoms with Crippen LogP contribution in [0.3, 0.4) is 0 Å². The summed E-state index contributed by atoms with van der Waals surface area (Å²) in [7, 11) is 0. The quantitative estimate of drug-likeness (QED) is 0.154. The number of β-lactam (4-membered cyclic amide) rings is 1. The Bertz CT molecular complexity index is 1220. The van der Waals surface area contributed by atoms with Crippen LogP contribution in [0.4, 0.5) is 0 Å². The topological polar surface area (TPSA) is 95.9 Å². The van der Waals surface area contributed by atoms with E-state index in [1.807, 2.05) is 36.4 Å². The molecule has 9 nitrogen and oxygen atoms in total. The van der Waals surface area contributed by atoms with Gasteiger partial charge in [0, 0.05) is 5.56 Å². The third kappa shape index (κ3) is 7.69. The zero-order valence-corrected chi connectivity index (χ0v) is 24.4. The summed E-state index contributed by atoms with van der Waals surface area (Å²) in [5.74, 6) is -0.252. The third-order valence-electron chi connectivity index (χ3n) is 7.26. The lowest BCUT2D eigenvalue weighted by atomic mass is 9.84. The molecule has 0 aromatic heterocycles. The van der Waals surface area contributed by atoms with Crippen LogP contribution in [-0.2, 0) is 39.8 Å². The number of para-hydroxylation sites is 1. The molecule has 2 saturated heterocycles. The first-order chi connectivity index (χ1) is 21.0. The number of ether oxygens (including phenoxy) is 6. The Morgan fingerprint density at radius 2 is 1.42 bits per heavy atom. The molecule has 0 saturated carbocycles. The normalized spacial score (nSPS) is 26.8. The van der Waals surface area contributed by atoms with Crippen molar-refractivity contribution in [3.05, 3.63) is 116 Å². The standard InChI is InChI=1S/C34H41NO8/c1-5-18-38-23-27-30(39-19-6-2)31(40-20-7-3)29(34(43-27)41-21-8-4)35-28(25-16-12-13-17-26(25)36)32(33(35)37)42-22-24-14-10-9-11-15-24/h5-17,27-32,34,36H,1-4,18-23H2/t27-,28?,29-,30-,31-,32?,34-/m1/s1. The highest BCUT2D eigenvalue weighted by Gasteiger charge is 2.60. The van der Waals surface area contributed by atoms with Gasteiger partial charge >= 0.3 is 0 Å². The zero-order chi connectivity index (χ0) is 30.6. The van der Waals surface area contributed by atoms with E-state index in [0.29, 0.717) is 12.2 Å². The molecule has 7 atom stereocenters. The van der Waals surface area contributed by atoms with E-state index in [2.05, 4.69) is 26.3 Å². The highest BCUT2D eigenvalue weighted by Crippen LogP contribution is 2.46. The maximum atomic E-state index is 14.0. The molecular weight excluding hydrogens is 550 g/mol. The molecule has 1 N–H and O–H groups in total. The third-order valence-corrected chi connectivity index (χ3v) is 7.26. The minimum atomic E-state index is -0.943. The number of hydrogen-bond donors (Lipinski definition) is 1. The largest absolute Gasteiger partial charge is 0.508 e. The van der Waals surface area contributed by atoms with Crippen molar-refractivity contribution in [1.82, 2.24) is 4.90 Å². The molecule has 2 aromatic rings. The monoisotopic (exact) mass is 591 g/mol. The summed E-state index contributed by atoms with van der Waals surface area (Å²) in [4.78, 5) is 15.7. The number of amides is 1. The molecule has 2 aliphatic heterocycles. The van der Waals surface area contributed by atoms with E-state index in [4.69, 9.17) is 28.4 Å². The molecule has 1 amide bonds. The van der Waals surface area contributed by atoms with E-state index in [9.17, 15) is 9.90 Å². The highest BCUT2D eigenvalue weighted by atomic mass is 16.7. The summed E-state index contributed by atoms with van der Waals surface area (Å²) in [5.41, 5.74) is 1.45. The van der Waals surface area contributed by atoms with Crippen molar-refractivity contribution in [1.29, 1.82) is 0 Å². The van der Waals surface area contributed by atoms with E-state index >= 15 is 0 Å². The Morgan fingerprint density at radius 3 is 2.09 bits per heavy atom. The highest BCUT2D eigenvalue weighted by molar-refractivity contribution is 5.89. The number of benzene rings is 2. The average molecular weight is 592 g/mol. The molecule has 0 radical (unpaired) electrons. The summed E-state index contributed by atoms with van der Waals surface area (Å²) >= 11 is 0. The van der Waals surface area contributed by atoms with Gasteiger partial charge in [-0.15, -0.1) is 26.3 Å². The first-order valence-electron chi connectivity index (χ1n) is 14.3. The number of phenols is 1. The maximum absolute atomic E-state index is 14.0. The van der Waals surface area contributed by atoms with Crippen LogP contribution in [0, 0.1) is 0 Å². The van der Waals surface area contributed by atoms with Crippen molar-refractivity contribution in [3.63, 3.8) is 0 Å². The predicted octanol–water partition coefficient (Wildman–Crippen LogP) is 4.50. The van der Waals surface area contributed by atoms with Gasteiger partial charge in [-0.25, -0.2) is 0 Å². The van der Waals surface area contributed by atoms with Gasteiger partial charge in [0.15, 0.2) is 12.4 Å². The molecule has 0 spiro atoms. The molecule has 2 aliphatic rings. The Balaban J connectivity index is 1.74. The van der Waals surface area contributed by atoms with Gasteiger partial charge in [-0.1, -0.05) is 72.8 Å². The fourth-order valence-electron chi connectivity index (χ4n) is 5.43. The average Bonchev–Trinajstić information content (AvgIpc) is 3.02. The van der Waals surface area contributed by atoms with Crippen molar-refractivity contribution in [2.75, 3.05) is 33.0 Å². The van der Waals surface area contributed by atoms with Gasteiger partial charge in [-0.2, -0.15) is 0 Å². The minimum absolute atomic E-state index is 0.0392. The predicted molar refractivity (Wildman–Crippen MR) is 162 cm³/mol. The van der Waals surface area contributed by atoms with Crippen molar-refractivity contribution in [3.8, 4) is 5.75 Å². The van der Waals surface area contributed by atoms with Gasteiger partial charge in [-0.3, -0.25) is 4.79 Å². The summed E-state index contributed by atoms with van der Waals surface area (Å²) in [6.45, 7) is 16.3. The molecule has 4 rings (SSSR count). The van der Waals surface area contributed by atoms with E-state index in [0.717, 1.165) is 5.56 Å². The lowest BCUT2D eigenvalue weighted by Crippen LogP contribution is -2.73. The number of rotatable bonds is 18. The second-order valence-corrected chi connectivity index (χ2v) is 10.1. The van der Waals surface area contributed by atoms with Crippen LogP contribution in [0.1, 0.15) is 17.2 Å². The number of likely N-dealkylation sites (tertiary alicyclic amines) is 1. The Hall–Kier alpha value is -3.57. The Morgan fingerprint density at radius 1 is 0.791 bits per heavy atom. The second kappa shape index (κ2) is 16.3. The van der Waals surface area contributed by atoms with Gasteiger partial charge in [-0.05, 0) is 11.6 Å². The van der Waals surface area contributed by atoms with Gasteiger partial charge < -0.3 is 38.4 Å². The van der Waals surface area contributed by atoms with Crippen molar-refractivity contribution < 1.29 is 38.3 Å². The summed E-state index contributed by atoms with van der Waals surface area (Å²) < 4.78 is 37.1. The fraction of sp³-hybridized carbons (Fsp3) is 0.382. The maximum Gasteiger partial charge on any atom is 0.255 e. The van der Waals surface area contributed by atoms with Crippen molar-refractivity contribution in [2.45, 2.75) is 49.4 Å². The number of carbonyl (C=O) groups excluding carboxylic acids is 1. The van der Waals surface area contributed by atoms with E-state index in [1.165, 1.54) is 0 Å². The Kier molecular flexibility index (Phi) is 12.3. The SMILES string of the molecule is C=CCOC[C@H]1O[C@@H](OCC=C)[C@H](N2C(=O)C(OCc3ccccc3)C2c2ccccc2O)[C@@H](OCC=C)[C@@H]1OCC=C. The Labute approximate surface area is 253 Å². The molecule has 9 heteroatoms. The van der Waals surface area contributed by atoms with Gasteiger partial charge in [0.25, 0.3) is 5.91 Å². The number of nitrogens with zero attached hydrogens (tertiary/aromatic N) is 1. The smallest absolute Gasteiger partial charge is 0.255 e. The number of phenolic OH excluding ortho intramolecular Hbond substituents is 1. The van der Waals surface area contributed by atoms with Crippen LogP contribution < -0.4 is 0 Å². The van der Waals surface area contributed by atoms with Crippen LogP contribution in [0.25, 0.3) is 0 Å². The lowest BCUT2D eigenvalue weighted by Gasteiger charge is -2.57. The molecule has 2 fully saturated rings. The number of aromatic hydroxyl groups is 1. The number of hydrogen-bond acceptors (Lipinski definition) is 8. The van der Waals surface area contributed by atoms with Crippen LogP contribution in [0.5, 0.6) is 5.75 Å². The van der Waals surface area contributed by atoms with Crippen LogP contribution in [-0.4, -0.2) is 85.7 Å². The van der Waals surface area contributed by atoms with E-state index < -0.39 is 42.8 Å². The van der Waals surface area contributed by atoms with Gasteiger partial charge in [0.1, 0.15) is 30.1 Å². The van der Waals surface area contributed by atoms with Crippen molar-refractivity contribution >= 4 is 5.91 Å². The molecule has 2 aromatic carbocycles. The molecule has 2 unspecified atom stereocenters. The fourth-order valence-corrected chi connectivity index (χ4v) is 5.43. The first kappa shape index (κ1) is 32.3. The molecule has 230 valence electrons. The summed E-state index contributed by atoms with van der Waals surface area (Å²) in [6, 6.07) is 15.0. The molecule has 2 heterocycles. The summed E-state index contributed by atoms with van der Waals surface area (Å²) in [5, 5.41) is 10.9. The second-order valence-electron chi connectivity index (χ2n) is 10.1. The molecular formula is C34H41NO8. The first-order valence-corrected chi connectivity index (χ1v) is 14.3. The summed E-state index contributed by atoms with van der Waals surface area (Å²) in [6.07, 6.45) is 2.70.